The quantitative estimate of drug-likeness (QED) is 0.872. The van der Waals surface area contributed by atoms with Crippen LogP contribution in [-0.2, 0) is 4.79 Å². The highest BCUT2D eigenvalue weighted by Gasteiger charge is 2.26. The van der Waals surface area contributed by atoms with Gasteiger partial charge in [-0.05, 0) is 36.5 Å². The van der Waals surface area contributed by atoms with Gasteiger partial charge in [-0.25, -0.2) is 4.79 Å². The molecule has 1 unspecified atom stereocenters. The summed E-state index contributed by atoms with van der Waals surface area (Å²) in [7, 11) is 0. The number of benzene rings is 2. The lowest BCUT2D eigenvalue weighted by Gasteiger charge is -2.33. The van der Waals surface area contributed by atoms with Crippen molar-refractivity contribution in [2.75, 3.05) is 13.1 Å². The number of hydrogen-bond donors (Lipinski definition) is 2. The van der Waals surface area contributed by atoms with E-state index in [9.17, 15) is 9.59 Å². The average molecular weight is 365 g/mol. The van der Waals surface area contributed by atoms with Crippen LogP contribution >= 0.6 is 0 Å². The Balaban J connectivity index is 1.72. The minimum Gasteiger partial charge on any atom is -0.353 e. The third-order valence-electron chi connectivity index (χ3n) is 5.09. The second kappa shape index (κ2) is 8.71. The maximum Gasteiger partial charge on any atom is 0.318 e. The van der Waals surface area contributed by atoms with Gasteiger partial charge in [-0.2, -0.15) is 0 Å². The first-order valence-corrected chi connectivity index (χ1v) is 9.47. The van der Waals surface area contributed by atoms with Crippen molar-refractivity contribution in [1.29, 1.82) is 0 Å². The van der Waals surface area contributed by atoms with E-state index >= 15 is 0 Å². The van der Waals surface area contributed by atoms with Gasteiger partial charge in [0, 0.05) is 26.1 Å². The van der Waals surface area contributed by atoms with Crippen LogP contribution in [0.5, 0.6) is 0 Å². The standard InChI is InChI=1S/C22H27N3O2/c1-16-8-6-7-11-20(16)21(18-9-4-3-5-10-18)24-22(27)25-14-12-19(13-15-25)23-17(2)26/h3-11,19,21H,12-15H2,1-2H3,(H,23,26)(H,24,27). The third-order valence-corrected chi connectivity index (χ3v) is 5.09. The van der Waals surface area contributed by atoms with E-state index in [1.807, 2.05) is 47.4 Å². The molecule has 0 bridgehead atoms. The van der Waals surface area contributed by atoms with Crippen LogP contribution in [-0.4, -0.2) is 36.0 Å². The normalized spacial score (nSPS) is 15.9. The minimum absolute atomic E-state index is 0.0124. The van der Waals surface area contributed by atoms with Crippen molar-refractivity contribution in [3.63, 3.8) is 0 Å². The fourth-order valence-electron chi connectivity index (χ4n) is 3.63. The second-order valence-corrected chi connectivity index (χ2v) is 7.11. The van der Waals surface area contributed by atoms with E-state index in [1.54, 1.807) is 0 Å². The molecule has 1 aliphatic rings. The van der Waals surface area contributed by atoms with Gasteiger partial charge in [-0.15, -0.1) is 0 Å². The van der Waals surface area contributed by atoms with Gasteiger partial charge in [-0.1, -0.05) is 54.6 Å². The minimum atomic E-state index is -0.187. The maximum absolute atomic E-state index is 12.9. The molecule has 2 aromatic rings. The number of likely N-dealkylation sites (tertiary alicyclic amines) is 1. The lowest BCUT2D eigenvalue weighted by Crippen LogP contribution is -2.49. The van der Waals surface area contributed by atoms with Crippen LogP contribution in [0.1, 0.15) is 42.5 Å². The number of hydrogen-bond acceptors (Lipinski definition) is 2. The van der Waals surface area contributed by atoms with Crippen molar-refractivity contribution in [1.82, 2.24) is 15.5 Å². The molecular weight excluding hydrogens is 338 g/mol. The van der Waals surface area contributed by atoms with Crippen molar-refractivity contribution in [2.24, 2.45) is 0 Å². The summed E-state index contributed by atoms with van der Waals surface area (Å²) >= 11 is 0. The molecule has 1 heterocycles. The van der Waals surface area contributed by atoms with Gasteiger partial charge >= 0.3 is 6.03 Å². The Morgan fingerprint density at radius 1 is 1.00 bits per heavy atom. The SMILES string of the molecule is CC(=O)NC1CCN(C(=O)NC(c2ccccc2)c2ccccc2C)CC1. The molecule has 5 heteroatoms. The molecule has 0 aromatic heterocycles. The number of nitrogens with zero attached hydrogens (tertiary/aromatic N) is 1. The van der Waals surface area contributed by atoms with Gasteiger partial charge in [0.05, 0.1) is 6.04 Å². The molecule has 0 saturated carbocycles. The van der Waals surface area contributed by atoms with Gasteiger partial charge in [0.1, 0.15) is 0 Å². The Morgan fingerprint density at radius 3 is 2.26 bits per heavy atom. The van der Waals surface area contributed by atoms with Gasteiger partial charge in [-0.3, -0.25) is 4.79 Å². The Kier molecular flexibility index (Phi) is 6.12. The van der Waals surface area contributed by atoms with E-state index in [0.717, 1.165) is 29.5 Å². The predicted molar refractivity (Wildman–Crippen MR) is 106 cm³/mol. The lowest BCUT2D eigenvalue weighted by atomic mass is 9.95. The Morgan fingerprint density at radius 2 is 1.63 bits per heavy atom. The topological polar surface area (TPSA) is 61.4 Å². The molecule has 5 nitrogen and oxygen atoms in total. The van der Waals surface area contributed by atoms with Gasteiger partial charge in [0.15, 0.2) is 0 Å². The van der Waals surface area contributed by atoms with Gasteiger partial charge < -0.3 is 15.5 Å². The molecule has 3 rings (SSSR count). The Bertz CT molecular complexity index is 783. The third kappa shape index (κ3) is 4.88. The van der Waals surface area contributed by atoms with Gasteiger partial charge in [0.25, 0.3) is 0 Å². The van der Waals surface area contributed by atoms with Crippen molar-refractivity contribution < 1.29 is 9.59 Å². The van der Waals surface area contributed by atoms with Gasteiger partial charge in [0.2, 0.25) is 5.91 Å². The second-order valence-electron chi connectivity index (χ2n) is 7.11. The van der Waals surface area contributed by atoms with Crippen molar-refractivity contribution in [3.05, 3.63) is 71.3 Å². The zero-order valence-corrected chi connectivity index (χ0v) is 15.9. The largest absolute Gasteiger partial charge is 0.353 e. The highest BCUT2D eigenvalue weighted by molar-refractivity contribution is 5.76. The molecule has 0 aliphatic carbocycles. The zero-order chi connectivity index (χ0) is 19.2. The highest BCUT2D eigenvalue weighted by Crippen LogP contribution is 2.25. The van der Waals surface area contributed by atoms with Crippen molar-refractivity contribution in [2.45, 2.75) is 38.8 Å². The van der Waals surface area contributed by atoms with Crippen LogP contribution in [0, 0.1) is 6.92 Å². The summed E-state index contributed by atoms with van der Waals surface area (Å²) in [4.78, 5) is 26.0. The van der Waals surface area contributed by atoms with E-state index in [0.29, 0.717) is 13.1 Å². The fourth-order valence-corrected chi connectivity index (χ4v) is 3.63. The van der Waals surface area contributed by atoms with E-state index in [1.165, 1.54) is 6.92 Å². The molecule has 0 spiro atoms. The van der Waals surface area contributed by atoms with Crippen LogP contribution in [0.15, 0.2) is 54.6 Å². The number of rotatable bonds is 4. The zero-order valence-electron chi connectivity index (χ0n) is 15.9. The Hall–Kier alpha value is -2.82. The van der Waals surface area contributed by atoms with Crippen LogP contribution in [0.4, 0.5) is 4.79 Å². The van der Waals surface area contributed by atoms with Crippen molar-refractivity contribution in [3.8, 4) is 0 Å². The molecule has 2 aromatic carbocycles. The first-order valence-electron chi connectivity index (χ1n) is 9.47. The van der Waals surface area contributed by atoms with Crippen LogP contribution < -0.4 is 10.6 Å². The number of amides is 3. The van der Waals surface area contributed by atoms with E-state index in [2.05, 4.69) is 29.7 Å². The molecule has 0 radical (unpaired) electrons. The van der Waals surface area contributed by atoms with Crippen LogP contribution in [0.25, 0.3) is 0 Å². The maximum atomic E-state index is 12.9. The lowest BCUT2D eigenvalue weighted by molar-refractivity contribution is -0.119. The van der Waals surface area contributed by atoms with Crippen LogP contribution in [0.2, 0.25) is 0 Å². The number of carbonyl (C=O) groups excluding carboxylic acids is 2. The van der Waals surface area contributed by atoms with E-state index in [-0.39, 0.29) is 24.0 Å². The molecule has 1 atom stereocenters. The first-order chi connectivity index (χ1) is 13.0. The number of aryl methyl sites for hydroxylation is 1. The van der Waals surface area contributed by atoms with E-state index in [4.69, 9.17) is 0 Å². The molecule has 3 amide bonds. The fraction of sp³-hybridized carbons (Fsp3) is 0.364. The summed E-state index contributed by atoms with van der Waals surface area (Å²) in [6.07, 6.45) is 1.57. The number of carbonyl (C=O) groups is 2. The molecule has 1 fully saturated rings. The molecule has 27 heavy (non-hydrogen) atoms. The monoisotopic (exact) mass is 365 g/mol. The number of urea groups is 1. The highest BCUT2D eigenvalue weighted by atomic mass is 16.2. The average Bonchev–Trinajstić information content (AvgIpc) is 2.67. The number of piperidine rings is 1. The summed E-state index contributed by atoms with van der Waals surface area (Å²) < 4.78 is 0. The summed E-state index contributed by atoms with van der Waals surface area (Å²) in [5.74, 6) is -0.0124. The molecular formula is C22H27N3O2. The molecule has 1 aliphatic heterocycles. The summed E-state index contributed by atoms with van der Waals surface area (Å²) in [5.41, 5.74) is 3.31. The van der Waals surface area contributed by atoms with E-state index < -0.39 is 0 Å². The smallest absolute Gasteiger partial charge is 0.318 e. The summed E-state index contributed by atoms with van der Waals surface area (Å²) in [5, 5.41) is 6.16. The Labute approximate surface area is 160 Å². The summed E-state index contributed by atoms with van der Waals surface area (Å²) in [6, 6.07) is 18.1. The molecule has 2 N–H and O–H groups in total. The molecule has 142 valence electrons. The van der Waals surface area contributed by atoms with Crippen LogP contribution in [0.3, 0.4) is 0 Å². The summed E-state index contributed by atoms with van der Waals surface area (Å²) in [6.45, 7) is 4.89. The first kappa shape index (κ1) is 19.0. The number of nitrogens with one attached hydrogen (secondary N) is 2. The molecule has 1 saturated heterocycles. The van der Waals surface area contributed by atoms with Crippen molar-refractivity contribution >= 4 is 11.9 Å². The predicted octanol–water partition coefficient (Wildman–Crippen LogP) is 3.39.